The molecule has 1 atom stereocenters. The third-order valence-electron chi connectivity index (χ3n) is 2.89. The summed E-state index contributed by atoms with van der Waals surface area (Å²) in [6, 6.07) is 0.597. The molecular formula is C14H30N2O. The summed E-state index contributed by atoms with van der Waals surface area (Å²) >= 11 is 0. The zero-order valence-corrected chi connectivity index (χ0v) is 11.9. The normalized spacial score (nSPS) is 12.9. The van der Waals surface area contributed by atoms with Crippen molar-refractivity contribution in [3.05, 3.63) is 12.7 Å². The zero-order valence-electron chi connectivity index (χ0n) is 11.9. The molecule has 1 N–H and O–H groups in total. The smallest absolute Gasteiger partial charge is 0.0589 e. The molecule has 1 unspecified atom stereocenters. The Bertz CT molecular complexity index is 174. The molecule has 0 heterocycles. The number of nitrogens with one attached hydrogen (secondary N) is 1. The van der Waals surface area contributed by atoms with Gasteiger partial charge in [0.15, 0.2) is 0 Å². The van der Waals surface area contributed by atoms with E-state index in [1.54, 1.807) is 7.11 Å². The van der Waals surface area contributed by atoms with Crippen LogP contribution in [0.1, 0.15) is 33.1 Å². The highest BCUT2D eigenvalue weighted by molar-refractivity contribution is 4.80. The summed E-state index contributed by atoms with van der Waals surface area (Å²) in [5.41, 5.74) is 0. The van der Waals surface area contributed by atoms with E-state index >= 15 is 0 Å². The average Bonchev–Trinajstić information content (AvgIpc) is 2.34. The summed E-state index contributed by atoms with van der Waals surface area (Å²) in [6.45, 7) is 13.2. The van der Waals surface area contributed by atoms with E-state index in [4.69, 9.17) is 4.74 Å². The van der Waals surface area contributed by atoms with Crippen LogP contribution < -0.4 is 5.32 Å². The van der Waals surface area contributed by atoms with E-state index in [0.717, 1.165) is 32.8 Å². The number of methoxy groups -OCH3 is 1. The van der Waals surface area contributed by atoms with Crippen molar-refractivity contribution in [3.8, 4) is 0 Å². The molecule has 0 aliphatic heterocycles. The monoisotopic (exact) mass is 242 g/mol. The van der Waals surface area contributed by atoms with Gasteiger partial charge in [-0.3, -0.25) is 4.90 Å². The van der Waals surface area contributed by atoms with Crippen molar-refractivity contribution in [1.82, 2.24) is 10.2 Å². The Balaban J connectivity index is 4.18. The quantitative estimate of drug-likeness (QED) is 0.420. The van der Waals surface area contributed by atoms with Crippen LogP contribution >= 0.6 is 0 Å². The van der Waals surface area contributed by atoms with E-state index in [9.17, 15) is 0 Å². The van der Waals surface area contributed by atoms with Gasteiger partial charge in [0.25, 0.3) is 0 Å². The average molecular weight is 242 g/mol. The molecule has 102 valence electrons. The highest BCUT2D eigenvalue weighted by Gasteiger charge is 2.15. The Morgan fingerprint density at radius 2 is 2.12 bits per heavy atom. The second kappa shape index (κ2) is 12.1. The number of hydrogen-bond acceptors (Lipinski definition) is 3. The highest BCUT2D eigenvalue weighted by atomic mass is 16.5. The van der Waals surface area contributed by atoms with Gasteiger partial charge in [0.05, 0.1) is 6.61 Å². The van der Waals surface area contributed by atoms with E-state index in [1.807, 2.05) is 6.08 Å². The van der Waals surface area contributed by atoms with Gasteiger partial charge in [-0.1, -0.05) is 26.3 Å². The Hall–Kier alpha value is -0.380. The Morgan fingerprint density at radius 3 is 2.65 bits per heavy atom. The molecule has 0 aliphatic rings. The fraction of sp³-hybridized carbons (Fsp3) is 0.857. The molecule has 0 bridgehead atoms. The van der Waals surface area contributed by atoms with Crippen molar-refractivity contribution in [2.45, 2.75) is 39.2 Å². The number of rotatable bonds is 12. The van der Waals surface area contributed by atoms with Crippen LogP contribution in [-0.4, -0.2) is 50.8 Å². The molecule has 0 radical (unpaired) electrons. The largest absolute Gasteiger partial charge is 0.383 e. The molecule has 3 nitrogen and oxygen atoms in total. The summed E-state index contributed by atoms with van der Waals surface area (Å²) in [5.74, 6) is 0. The number of ether oxygens (including phenoxy) is 1. The van der Waals surface area contributed by atoms with E-state index < -0.39 is 0 Å². The lowest BCUT2D eigenvalue weighted by Gasteiger charge is -2.30. The maximum absolute atomic E-state index is 5.18. The molecule has 3 heteroatoms. The molecule has 0 saturated carbocycles. The molecule has 0 spiro atoms. The van der Waals surface area contributed by atoms with Crippen molar-refractivity contribution in [1.29, 1.82) is 0 Å². The van der Waals surface area contributed by atoms with E-state index in [2.05, 4.69) is 30.6 Å². The van der Waals surface area contributed by atoms with Crippen LogP contribution in [0, 0.1) is 0 Å². The Labute approximate surface area is 107 Å². The van der Waals surface area contributed by atoms with Crippen molar-refractivity contribution < 1.29 is 4.74 Å². The SMILES string of the molecule is C=CCN(CCOC)C(CCC)CNCCC. The van der Waals surface area contributed by atoms with Gasteiger partial charge in [0.1, 0.15) is 0 Å². The first-order valence-electron chi connectivity index (χ1n) is 6.84. The molecular weight excluding hydrogens is 212 g/mol. The van der Waals surface area contributed by atoms with Gasteiger partial charge in [-0.15, -0.1) is 6.58 Å². The second-order valence-corrected chi connectivity index (χ2v) is 4.42. The van der Waals surface area contributed by atoms with Crippen LogP contribution in [0.3, 0.4) is 0 Å². The molecule has 0 aromatic rings. The molecule has 0 aromatic carbocycles. The van der Waals surface area contributed by atoms with Gasteiger partial charge < -0.3 is 10.1 Å². The lowest BCUT2D eigenvalue weighted by atomic mass is 10.1. The minimum Gasteiger partial charge on any atom is -0.383 e. The fourth-order valence-corrected chi connectivity index (χ4v) is 1.99. The second-order valence-electron chi connectivity index (χ2n) is 4.42. The van der Waals surface area contributed by atoms with Gasteiger partial charge in [-0.2, -0.15) is 0 Å². The van der Waals surface area contributed by atoms with Crippen LogP contribution in [0.4, 0.5) is 0 Å². The minimum absolute atomic E-state index is 0.597. The lowest BCUT2D eigenvalue weighted by Crippen LogP contribution is -2.44. The van der Waals surface area contributed by atoms with Gasteiger partial charge in [-0.25, -0.2) is 0 Å². The standard InChI is InChI=1S/C14H30N2O/c1-5-8-14(13-15-9-6-2)16(10-7-3)11-12-17-4/h7,14-15H,3,5-6,8-13H2,1-2,4H3. The molecule has 0 aromatic heterocycles. The Morgan fingerprint density at radius 1 is 1.35 bits per heavy atom. The molecule has 0 aliphatic carbocycles. The van der Waals surface area contributed by atoms with Gasteiger partial charge in [0.2, 0.25) is 0 Å². The Kier molecular flexibility index (Phi) is 11.8. The number of nitrogens with zero attached hydrogens (tertiary/aromatic N) is 1. The van der Waals surface area contributed by atoms with Gasteiger partial charge in [0, 0.05) is 32.8 Å². The van der Waals surface area contributed by atoms with Crippen LogP contribution in [0.2, 0.25) is 0 Å². The predicted octanol–water partition coefficient (Wildman–Crippen LogP) is 2.29. The molecule has 0 amide bonds. The van der Waals surface area contributed by atoms with Crippen molar-refractivity contribution in [3.63, 3.8) is 0 Å². The zero-order chi connectivity index (χ0) is 12.9. The first kappa shape index (κ1) is 16.6. The summed E-state index contributed by atoms with van der Waals surface area (Å²) < 4.78 is 5.18. The summed E-state index contributed by atoms with van der Waals surface area (Å²) in [6.07, 6.45) is 5.63. The lowest BCUT2D eigenvalue weighted by molar-refractivity contribution is 0.123. The van der Waals surface area contributed by atoms with Crippen molar-refractivity contribution in [2.75, 3.05) is 39.9 Å². The van der Waals surface area contributed by atoms with Gasteiger partial charge in [-0.05, 0) is 19.4 Å². The topological polar surface area (TPSA) is 24.5 Å². The third kappa shape index (κ3) is 8.36. The van der Waals surface area contributed by atoms with Crippen LogP contribution in [0.5, 0.6) is 0 Å². The molecule has 17 heavy (non-hydrogen) atoms. The highest BCUT2D eigenvalue weighted by Crippen LogP contribution is 2.06. The van der Waals surface area contributed by atoms with Crippen molar-refractivity contribution in [2.24, 2.45) is 0 Å². The first-order valence-corrected chi connectivity index (χ1v) is 6.84. The maximum Gasteiger partial charge on any atom is 0.0589 e. The van der Waals surface area contributed by atoms with Crippen molar-refractivity contribution >= 4 is 0 Å². The predicted molar refractivity (Wildman–Crippen MR) is 75.5 cm³/mol. The minimum atomic E-state index is 0.597. The van der Waals surface area contributed by atoms with Crippen LogP contribution in [-0.2, 0) is 4.74 Å². The molecule has 0 rings (SSSR count). The molecule has 0 saturated heterocycles. The first-order chi connectivity index (χ1) is 8.29. The van der Waals surface area contributed by atoms with E-state index in [1.165, 1.54) is 19.3 Å². The summed E-state index contributed by atoms with van der Waals surface area (Å²) in [7, 11) is 1.76. The number of hydrogen-bond donors (Lipinski definition) is 1. The van der Waals surface area contributed by atoms with Crippen LogP contribution in [0.25, 0.3) is 0 Å². The summed E-state index contributed by atoms with van der Waals surface area (Å²) in [5, 5.41) is 3.52. The third-order valence-corrected chi connectivity index (χ3v) is 2.89. The van der Waals surface area contributed by atoms with E-state index in [-0.39, 0.29) is 0 Å². The summed E-state index contributed by atoms with van der Waals surface area (Å²) in [4.78, 5) is 2.46. The van der Waals surface area contributed by atoms with E-state index in [0.29, 0.717) is 6.04 Å². The van der Waals surface area contributed by atoms with Gasteiger partial charge >= 0.3 is 0 Å². The van der Waals surface area contributed by atoms with Crippen LogP contribution in [0.15, 0.2) is 12.7 Å². The molecule has 0 fully saturated rings. The maximum atomic E-state index is 5.18. The fourth-order valence-electron chi connectivity index (χ4n) is 1.99.